The van der Waals surface area contributed by atoms with E-state index in [1.807, 2.05) is 31.2 Å². The van der Waals surface area contributed by atoms with Gasteiger partial charge < -0.3 is 14.8 Å². The summed E-state index contributed by atoms with van der Waals surface area (Å²) in [6.45, 7) is 4.63. The SMILES string of the molecule is CCCCCCOc1c(Cl)cc(/C=C(\C#N)C(=O)Nc2cccc(C)c2)cc1OC. The van der Waals surface area contributed by atoms with E-state index in [0.717, 1.165) is 24.8 Å². The van der Waals surface area contributed by atoms with Gasteiger partial charge in [0.15, 0.2) is 11.5 Å². The molecule has 2 rings (SSSR count). The Hall–Kier alpha value is -2.97. The molecule has 0 radical (unpaired) electrons. The number of rotatable bonds is 10. The molecular weight excluding hydrogens is 400 g/mol. The zero-order chi connectivity index (χ0) is 21.9. The van der Waals surface area contributed by atoms with E-state index in [2.05, 4.69) is 12.2 Å². The largest absolute Gasteiger partial charge is 0.493 e. The van der Waals surface area contributed by atoms with E-state index in [-0.39, 0.29) is 5.57 Å². The molecular formula is C24H27ClN2O3. The highest BCUT2D eigenvalue weighted by molar-refractivity contribution is 6.32. The third-order valence-electron chi connectivity index (χ3n) is 4.45. The van der Waals surface area contributed by atoms with Crippen LogP contribution in [0.15, 0.2) is 42.0 Å². The molecule has 0 aliphatic heterocycles. The molecule has 0 saturated heterocycles. The van der Waals surface area contributed by atoms with Crippen LogP contribution in [0.3, 0.4) is 0 Å². The quantitative estimate of drug-likeness (QED) is 0.280. The summed E-state index contributed by atoms with van der Waals surface area (Å²) in [7, 11) is 1.53. The molecule has 158 valence electrons. The van der Waals surface area contributed by atoms with Crippen molar-refractivity contribution < 1.29 is 14.3 Å². The first-order valence-corrected chi connectivity index (χ1v) is 10.4. The number of hydrogen-bond donors (Lipinski definition) is 1. The third-order valence-corrected chi connectivity index (χ3v) is 4.73. The van der Waals surface area contributed by atoms with E-state index >= 15 is 0 Å². The van der Waals surface area contributed by atoms with E-state index < -0.39 is 5.91 Å². The van der Waals surface area contributed by atoms with E-state index in [0.29, 0.717) is 34.4 Å². The fourth-order valence-electron chi connectivity index (χ4n) is 2.90. The molecule has 30 heavy (non-hydrogen) atoms. The minimum absolute atomic E-state index is 0.0390. The molecule has 0 aromatic heterocycles. The Morgan fingerprint density at radius 1 is 1.23 bits per heavy atom. The van der Waals surface area contributed by atoms with Gasteiger partial charge >= 0.3 is 0 Å². The second-order valence-electron chi connectivity index (χ2n) is 6.94. The molecule has 0 spiro atoms. The number of hydrogen-bond acceptors (Lipinski definition) is 4. The topological polar surface area (TPSA) is 71.3 Å². The summed E-state index contributed by atoms with van der Waals surface area (Å²) in [6, 6.07) is 12.7. The van der Waals surface area contributed by atoms with Gasteiger partial charge in [0, 0.05) is 5.69 Å². The highest BCUT2D eigenvalue weighted by Crippen LogP contribution is 2.37. The molecule has 0 bridgehead atoms. The van der Waals surface area contributed by atoms with Crippen LogP contribution in [-0.4, -0.2) is 19.6 Å². The van der Waals surface area contributed by atoms with Gasteiger partial charge in [0.1, 0.15) is 11.6 Å². The van der Waals surface area contributed by atoms with Crippen molar-refractivity contribution in [1.29, 1.82) is 5.26 Å². The molecule has 0 heterocycles. The lowest BCUT2D eigenvalue weighted by molar-refractivity contribution is -0.112. The molecule has 0 aliphatic rings. The minimum Gasteiger partial charge on any atom is -0.493 e. The van der Waals surface area contributed by atoms with Crippen LogP contribution in [0.1, 0.15) is 43.7 Å². The normalized spacial score (nSPS) is 11.0. The number of carbonyl (C=O) groups is 1. The van der Waals surface area contributed by atoms with Gasteiger partial charge in [0.2, 0.25) is 0 Å². The van der Waals surface area contributed by atoms with Crippen molar-refractivity contribution in [2.75, 3.05) is 19.0 Å². The van der Waals surface area contributed by atoms with Crippen molar-refractivity contribution in [3.05, 3.63) is 58.1 Å². The maximum Gasteiger partial charge on any atom is 0.266 e. The second-order valence-corrected chi connectivity index (χ2v) is 7.34. The minimum atomic E-state index is -0.491. The zero-order valence-corrected chi connectivity index (χ0v) is 18.4. The summed E-state index contributed by atoms with van der Waals surface area (Å²) >= 11 is 6.39. The summed E-state index contributed by atoms with van der Waals surface area (Å²) in [5.74, 6) is 0.436. The number of carbonyl (C=O) groups excluding carboxylic acids is 1. The van der Waals surface area contributed by atoms with E-state index in [4.69, 9.17) is 21.1 Å². The number of halogens is 1. The van der Waals surface area contributed by atoms with Crippen LogP contribution in [0.25, 0.3) is 6.08 Å². The number of unbranched alkanes of at least 4 members (excludes halogenated alkanes) is 3. The van der Waals surface area contributed by atoms with E-state index in [1.165, 1.54) is 19.6 Å². The average Bonchev–Trinajstić information content (AvgIpc) is 2.72. The van der Waals surface area contributed by atoms with Crippen molar-refractivity contribution in [3.8, 4) is 17.6 Å². The van der Waals surface area contributed by atoms with Crippen molar-refractivity contribution >= 4 is 29.3 Å². The zero-order valence-electron chi connectivity index (χ0n) is 17.6. The highest BCUT2D eigenvalue weighted by Gasteiger charge is 2.14. The van der Waals surface area contributed by atoms with Crippen molar-refractivity contribution in [3.63, 3.8) is 0 Å². The average molecular weight is 427 g/mol. The molecule has 2 aromatic rings. The van der Waals surface area contributed by atoms with Gasteiger partial charge in [-0.05, 0) is 54.8 Å². The fourth-order valence-corrected chi connectivity index (χ4v) is 3.18. The number of anilines is 1. The van der Waals surface area contributed by atoms with Crippen LogP contribution in [0.2, 0.25) is 5.02 Å². The monoisotopic (exact) mass is 426 g/mol. The number of methoxy groups -OCH3 is 1. The van der Waals surface area contributed by atoms with Gasteiger partial charge in [-0.3, -0.25) is 4.79 Å². The molecule has 0 unspecified atom stereocenters. The lowest BCUT2D eigenvalue weighted by atomic mass is 10.1. The number of ether oxygens (including phenoxy) is 2. The Labute approximate surface area is 183 Å². The summed E-state index contributed by atoms with van der Waals surface area (Å²) in [5.41, 5.74) is 2.18. The van der Waals surface area contributed by atoms with Gasteiger partial charge in [-0.2, -0.15) is 5.26 Å². The highest BCUT2D eigenvalue weighted by atomic mass is 35.5. The predicted molar refractivity (Wildman–Crippen MR) is 121 cm³/mol. The van der Waals surface area contributed by atoms with Gasteiger partial charge in [0.05, 0.1) is 18.7 Å². The lowest BCUT2D eigenvalue weighted by Gasteiger charge is -2.13. The second kappa shape index (κ2) is 11.9. The maximum absolute atomic E-state index is 12.5. The van der Waals surface area contributed by atoms with Crippen LogP contribution in [-0.2, 0) is 4.79 Å². The van der Waals surface area contributed by atoms with E-state index in [1.54, 1.807) is 18.2 Å². The molecule has 0 atom stereocenters. The Bertz CT molecular complexity index is 948. The van der Waals surface area contributed by atoms with Gasteiger partial charge in [0.25, 0.3) is 5.91 Å². The Balaban J connectivity index is 2.18. The van der Waals surface area contributed by atoms with Crippen LogP contribution >= 0.6 is 11.6 Å². The Kier molecular flexibility index (Phi) is 9.24. The molecule has 2 aromatic carbocycles. The Morgan fingerprint density at radius 3 is 2.70 bits per heavy atom. The van der Waals surface area contributed by atoms with E-state index in [9.17, 15) is 10.1 Å². The Morgan fingerprint density at radius 2 is 2.03 bits per heavy atom. The maximum atomic E-state index is 12.5. The lowest BCUT2D eigenvalue weighted by Crippen LogP contribution is -2.13. The number of nitrogens with zero attached hydrogens (tertiary/aromatic N) is 1. The van der Waals surface area contributed by atoms with Crippen molar-refractivity contribution in [2.24, 2.45) is 0 Å². The number of nitrogens with one attached hydrogen (secondary N) is 1. The van der Waals surface area contributed by atoms with Gasteiger partial charge in [-0.25, -0.2) is 0 Å². The smallest absolute Gasteiger partial charge is 0.266 e. The first-order valence-electron chi connectivity index (χ1n) is 9.98. The molecule has 5 nitrogen and oxygen atoms in total. The molecule has 0 saturated carbocycles. The summed E-state index contributed by atoms with van der Waals surface area (Å²) < 4.78 is 11.2. The summed E-state index contributed by atoms with van der Waals surface area (Å²) in [5, 5.41) is 12.6. The third kappa shape index (κ3) is 6.82. The summed E-state index contributed by atoms with van der Waals surface area (Å²) in [4.78, 5) is 12.5. The number of aryl methyl sites for hydroxylation is 1. The molecule has 0 fully saturated rings. The number of benzene rings is 2. The molecule has 0 aliphatic carbocycles. The standard InChI is InChI=1S/C24H27ClN2O3/c1-4-5-6-7-11-30-23-21(25)14-18(15-22(23)29-3)13-19(16-26)24(28)27-20-10-8-9-17(2)12-20/h8-10,12-15H,4-7,11H2,1-3H3,(H,27,28)/b19-13+. The number of amides is 1. The van der Waals surface area contributed by atoms with Gasteiger partial charge in [-0.1, -0.05) is 49.9 Å². The first-order chi connectivity index (χ1) is 14.5. The van der Waals surface area contributed by atoms with Crippen LogP contribution in [0.5, 0.6) is 11.5 Å². The van der Waals surface area contributed by atoms with Crippen molar-refractivity contribution in [2.45, 2.75) is 39.5 Å². The predicted octanol–water partition coefficient (Wildman–Crippen LogP) is 6.16. The van der Waals surface area contributed by atoms with Crippen molar-refractivity contribution in [1.82, 2.24) is 0 Å². The molecule has 1 N–H and O–H groups in total. The van der Waals surface area contributed by atoms with Crippen LogP contribution < -0.4 is 14.8 Å². The molecule has 6 heteroatoms. The fraction of sp³-hybridized carbons (Fsp3) is 0.333. The number of nitriles is 1. The first kappa shape index (κ1) is 23.3. The van der Waals surface area contributed by atoms with Crippen LogP contribution in [0, 0.1) is 18.3 Å². The molecule has 1 amide bonds. The van der Waals surface area contributed by atoms with Gasteiger partial charge in [-0.15, -0.1) is 0 Å². The summed E-state index contributed by atoms with van der Waals surface area (Å²) in [6.07, 6.45) is 5.83. The van der Waals surface area contributed by atoms with Crippen LogP contribution in [0.4, 0.5) is 5.69 Å².